The number of rotatable bonds is 14. The monoisotopic (exact) mass is 612 g/mol. The van der Waals surface area contributed by atoms with Gasteiger partial charge in [-0.15, -0.1) is 0 Å². The zero-order valence-electron chi connectivity index (χ0n) is 26.3. The van der Waals surface area contributed by atoms with Crippen LogP contribution < -0.4 is 0 Å². The average molecular weight is 613 g/mol. The van der Waals surface area contributed by atoms with Gasteiger partial charge in [-0.1, -0.05) is 43.2 Å². The van der Waals surface area contributed by atoms with Crippen molar-refractivity contribution in [1.82, 2.24) is 0 Å². The molecule has 0 N–H and O–H groups in total. The third kappa shape index (κ3) is 5.93. The van der Waals surface area contributed by atoms with Crippen LogP contribution in [0, 0.1) is 23.2 Å². The highest BCUT2D eigenvalue weighted by atomic mass is 16.7. The van der Waals surface area contributed by atoms with E-state index < -0.39 is 59.4 Å². The number of unbranched alkanes of at least 4 members (excludes halogenated alkanes) is 3. The number of ether oxygens (including phenoxy) is 5. The van der Waals surface area contributed by atoms with Crippen molar-refractivity contribution in [2.75, 3.05) is 21.3 Å². The predicted octanol–water partition coefficient (Wildman–Crippen LogP) is 4.86. The maximum Gasteiger partial charge on any atom is 0.334 e. The fourth-order valence-corrected chi connectivity index (χ4v) is 7.49. The summed E-state index contributed by atoms with van der Waals surface area (Å²) in [6, 6.07) is 0. The van der Waals surface area contributed by atoms with E-state index in [4.69, 9.17) is 23.7 Å². The fraction of sp³-hybridized carbons (Fsp3) is 0.618. The van der Waals surface area contributed by atoms with E-state index in [1.165, 1.54) is 21.3 Å². The number of esters is 4. The molecule has 10 heteroatoms. The Balaban J connectivity index is 1.92. The lowest BCUT2D eigenvalue weighted by Crippen LogP contribution is -2.59. The van der Waals surface area contributed by atoms with Crippen LogP contribution in [0.1, 0.15) is 78.1 Å². The van der Waals surface area contributed by atoms with Gasteiger partial charge in [-0.3, -0.25) is 14.4 Å². The van der Waals surface area contributed by atoms with Gasteiger partial charge in [-0.25, -0.2) is 9.59 Å². The van der Waals surface area contributed by atoms with Gasteiger partial charge in [-0.2, -0.15) is 0 Å². The normalized spacial score (nSPS) is 30.6. The van der Waals surface area contributed by atoms with Gasteiger partial charge in [-0.05, 0) is 57.8 Å². The van der Waals surface area contributed by atoms with Crippen molar-refractivity contribution in [2.24, 2.45) is 23.2 Å². The van der Waals surface area contributed by atoms with Crippen LogP contribution in [0.15, 0.2) is 47.1 Å². The molecule has 4 aliphatic rings. The van der Waals surface area contributed by atoms with Crippen LogP contribution in [0.3, 0.4) is 0 Å². The summed E-state index contributed by atoms with van der Waals surface area (Å²) in [4.78, 5) is 67.4. The third-order valence-corrected chi connectivity index (χ3v) is 9.52. The highest BCUT2D eigenvalue weighted by molar-refractivity contribution is 6.04. The summed E-state index contributed by atoms with van der Waals surface area (Å²) in [5.74, 6) is -6.58. The molecule has 6 atom stereocenters. The van der Waals surface area contributed by atoms with Gasteiger partial charge in [0, 0.05) is 24.0 Å². The number of carbonyl (C=O) groups excluding carboxylic acids is 5. The second-order valence-corrected chi connectivity index (χ2v) is 12.0. The first-order valence-electron chi connectivity index (χ1n) is 15.5. The molecular formula is C34H44O10. The highest BCUT2D eigenvalue weighted by Crippen LogP contribution is 2.66. The molecule has 4 rings (SSSR count). The molecule has 1 spiro atoms. The maximum absolute atomic E-state index is 14.0. The molecule has 0 aromatic heterocycles. The zero-order valence-corrected chi connectivity index (χ0v) is 26.3. The van der Waals surface area contributed by atoms with E-state index in [-0.39, 0.29) is 42.1 Å². The van der Waals surface area contributed by atoms with Crippen LogP contribution in [0.5, 0.6) is 0 Å². The van der Waals surface area contributed by atoms with Crippen molar-refractivity contribution >= 4 is 29.7 Å². The van der Waals surface area contributed by atoms with E-state index in [2.05, 4.69) is 6.08 Å². The van der Waals surface area contributed by atoms with Crippen LogP contribution in [0.2, 0.25) is 0 Å². The summed E-state index contributed by atoms with van der Waals surface area (Å²) >= 11 is 0. The molecule has 2 saturated heterocycles. The number of allylic oxidation sites excluding steroid dienone is 5. The van der Waals surface area contributed by atoms with Crippen LogP contribution in [-0.2, 0) is 47.7 Å². The molecule has 0 aromatic carbocycles. The van der Waals surface area contributed by atoms with Crippen molar-refractivity contribution in [3.8, 4) is 0 Å². The van der Waals surface area contributed by atoms with Crippen LogP contribution >= 0.6 is 0 Å². The third-order valence-electron chi connectivity index (χ3n) is 9.52. The van der Waals surface area contributed by atoms with Crippen LogP contribution in [0.25, 0.3) is 0 Å². The summed E-state index contributed by atoms with van der Waals surface area (Å²) in [6.07, 6.45) is 13.7. The van der Waals surface area contributed by atoms with Crippen molar-refractivity contribution in [2.45, 2.75) is 89.9 Å². The van der Waals surface area contributed by atoms with Crippen molar-refractivity contribution in [1.29, 1.82) is 0 Å². The number of hydrogen-bond acceptors (Lipinski definition) is 10. The second kappa shape index (κ2) is 14.1. The molecular weight excluding hydrogens is 568 g/mol. The molecule has 240 valence electrons. The molecule has 2 heterocycles. The quantitative estimate of drug-likeness (QED) is 0.116. The largest absolute Gasteiger partial charge is 0.469 e. The number of hydrogen-bond donors (Lipinski definition) is 0. The Hall–Kier alpha value is -3.53. The van der Waals surface area contributed by atoms with Gasteiger partial charge in [0.25, 0.3) is 0 Å². The van der Waals surface area contributed by atoms with Crippen molar-refractivity contribution in [3.05, 3.63) is 47.1 Å². The molecule has 44 heavy (non-hydrogen) atoms. The lowest BCUT2D eigenvalue weighted by molar-refractivity contribution is -0.268. The minimum Gasteiger partial charge on any atom is -0.469 e. The molecule has 0 amide bonds. The first-order valence-corrected chi connectivity index (χ1v) is 15.5. The number of methoxy groups -OCH3 is 3. The first kappa shape index (κ1) is 33.4. The van der Waals surface area contributed by atoms with Crippen LogP contribution in [-0.4, -0.2) is 62.9 Å². The molecule has 2 aliphatic carbocycles. The van der Waals surface area contributed by atoms with Crippen molar-refractivity contribution in [3.63, 3.8) is 0 Å². The Morgan fingerprint density at radius 1 is 0.955 bits per heavy atom. The fourth-order valence-electron chi connectivity index (χ4n) is 7.49. The second-order valence-electron chi connectivity index (χ2n) is 12.0. The zero-order chi connectivity index (χ0) is 32.1. The van der Waals surface area contributed by atoms with E-state index in [0.717, 1.165) is 25.7 Å². The average Bonchev–Trinajstić information content (AvgIpc) is 3.19. The summed E-state index contributed by atoms with van der Waals surface area (Å²) in [7, 11) is 3.62. The summed E-state index contributed by atoms with van der Waals surface area (Å²) in [5.41, 5.74) is -1.38. The van der Waals surface area contributed by atoms with Crippen molar-refractivity contribution < 1.29 is 47.7 Å². The summed E-state index contributed by atoms with van der Waals surface area (Å²) in [6.45, 7) is 3.87. The molecule has 2 fully saturated rings. The molecule has 0 saturated carbocycles. The van der Waals surface area contributed by atoms with Crippen LogP contribution in [0.4, 0.5) is 0 Å². The molecule has 0 aromatic rings. The van der Waals surface area contributed by atoms with Gasteiger partial charge in [0.15, 0.2) is 5.78 Å². The predicted molar refractivity (Wildman–Crippen MR) is 159 cm³/mol. The van der Waals surface area contributed by atoms with E-state index in [0.29, 0.717) is 18.4 Å². The maximum atomic E-state index is 14.0. The van der Waals surface area contributed by atoms with E-state index in [9.17, 15) is 24.0 Å². The summed E-state index contributed by atoms with van der Waals surface area (Å²) < 4.78 is 28.0. The minimum atomic E-state index is -1.86. The van der Waals surface area contributed by atoms with E-state index >= 15 is 0 Å². The lowest BCUT2D eigenvalue weighted by Gasteiger charge is -2.52. The molecule has 0 unspecified atom stereocenters. The highest BCUT2D eigenvalue weighted by Gasteiger charge is 2.74. The van der Waals surface area contributed by atoms with Gasteiger partial charge < -0.3 is 23.7 Å². The van der Waals surface area contributed by atoms with Gasteiger partial charge in [0.05, 0.1) is 39.2 Å². The van der Waals surface area contributed by atoms with Gasteiger partial charge in [0.1, 0.15) is 11.5 Å². The molecule has 2 aliphatic heterocycles. The SMILES string of the molecule is C/C=C/CCCCC[C@H]1C=C2[C@]3(CC(=O)OC)CC(C(=O)OC)=C(C(=O)OC)[C@H]4[C@H]1C[C@H](C(=O)CC/C=C/C)O[C@]24OC3=O. The lowest BCUT2D eigenvalue weighted by atomic mass is 9.59. The standard InChI is InChI=1S/C34H44O10/c1-6-8-10-11-12-14-15-21-17-26-33(20-27(36)40-3)19-23(30(37)41-4)28(31(38)42-5)29-22(21)18-25(24(35)16-13-9-7-2)43-34(26,29)44-32(33)39/h6-9,17,21-22,25,29H,10-16,18-20H2,1-5H3/b8-6+,9-7+/t21-,22-,25+,29+,33+,34-/m0/s1. The van der Waals surface area contributed by atoms with E-state index in [1.807, 2.05) is 38.2 Å². The smallest absolute Gasteiger partial charge is 0.334 e. The Morgan fingerprint density at radius 3 is 2.32 bits per heavy atom. The number of Topliss-reactive ketones (excluding diaryl/α,β-unsaturated/α-hetero) is 1. The summed E-state index contributed by atoms with van der Waals surface area (Å²) in [5, 5.41) is 0. The Bertz CT molecular complexity index is 1290. The number of carbonyl (C=O) groups is 5. The molecule has 10 nitrogen and oxygen atoms in total. The van der Waals surface area contributed by atoms with E-state index in [1.54, 1.807) is 0 Å². The molecule has 0 radical (unpaired) electrons. The van der Waals surface area contributed by atoms with Gasteiger partial charge in [0.2, 0.25) is 5.79 Å². The minimum absolute atomic E-state index is 0.00656. The number of ketones is 1. The topological polar surface area (TPSA) is 132 Å². The Kier molecular flexibility index (Phi) is 10.7. The van der Waals surface area contributed by atoms with Gasteiger partial charge >= 0.3 is 23.9 Å². The molecule has 5 bridgehead atoms. The first-order chi connectivity index (χ1) is 21.1. The Labute approximate surface area is 258 Å². The Morgan fingerprint density at radius 2 is 1.66 bits per heavy atom.